The van der Waals surface area contributed by atoms with Gasteiger partial charge in [0.15, 0.2) is 0 Å². The summed E-state index contributed by atoms with van der Waals surface area (Å²) in [5.41, 5.74) is 0. The van der Waals surface area contributed by atoms with Crippen molar-refractivity contribution in [1.82, 2.24) is 0 Å². The molecule has 0 rings (SSSR count). The number of hydrogen-bond donors (Lipinski definition) is 0. The zero-order chi connectivity index (χ0) is 21.7. The third-order valence-electron chi connectivity index (χ3n) is 0. The number of methoxy groups -OCH3 is 4. The van der Waals surface area contributed by atoms with Crippen molar-refractivity contribution in [2.45, 2.75) is 88.5 Å². The minimum absolute atomic E-state index is 0. The Kier molecular flexibility index (Phi) is 567. The molecule has 0 amide bonds. The Morgan fingerprint density at radius 3 is 0.385 bits per heavy atom. The molecular weight excluding hydrogens is 335 g/mol. The Morgan fingerprint density at radius 2 is 0.385 bits per heavy atom. The molecule has 0 atom stereocenters. The zero-order valence-electron chi connectivity index (χ0n) is 20.9. The summed E-state index contributed by atoms with van der Waals surface area (Å²) in [7, 11) is 13.0. The van der Waals surface area contributed by atoms with Crippen molar-refractivity contribution in [3.8, 4) is 0 Å². The van der Waals surface area contributed by atoms with Gasteiger partial charge in [0.05, 0.1) is 0 Å². The van der Waals surface area contributed by atoms with E-state index in [0.29, 0.717) is 0 Å². The van der Waals surface area contributed by atoms with Gasteiger partial charge in [0.2, 0.25) is 0 Å². The average Bonchev–Trinajstić information content (AvgIpc) is 2.45. The summed E-state index contributed by atoms with van der Waals surface area (Å²) in [5, 5.41) is 0. The lowest BCUT2D eigenvalue weighted by Crippen LogP contribution is -1.55. The molecule has 4 nitrogen and oxygen atoms in total. The molecule has 0 heterocycles. The Morgan fingerprint density at radius 1 is 0.385 bits per heavy atom. The lowest BCUT2D eigenvalue weighted by atomic mass is 10.6. The van der Waals surface area contributed by atoms with Gasteiger partial charge >= 0.3 is 0 Å². The third-order valence-corrected chi connectivity index (χ3v) is 0. The molecule has 0 unspecified atom stereocenters. The monoisotopic (exact) mass is 399 g/mol. The Hall–Kier alpha value is -0.230. The molecule has 0 N–H and O–H groups in total. The first-order valence-electron chi connectivity index (χ1n) is 8.92. The second-order valence-corrected chi connectivity index (χ2v) is 4.46. The predicted molar refractivity (Wildman–Crippen MR) is 127 cm³/mol. The van der Waals surface area contributed by atoms with Crippen LogP contribution in [-0.4, -0.2) is 56.9 Å². The van der Waals surface area contributed by atoms with Crippen LogP contribution in [0.4, 0.5) is 4.70 Å². The highest BCUT2D eigenvalue weighted by atomic mass is 19.0. The summed E-state index contributed by atoms with van der Waals surface area (Å²) in [5.74, 6) is 0. The normalized spacial score (nSPS) is 5.54. The van der Waals surface area contributed by atoms with Crippen molar-refractivity contribution >= 4 is 0 Å². The highest BCUT2D eigenvalue weighted by Gasteiger charge is 1.36. The van der Waals surface area contributed by atoms with Crippen molar-refractivity contribution in [2.75, 3.05) is 56.9 Å². The van der Waals surface area contributed by atoms with E-state index >= 15 is 0 Å². The predicted octanol–water partition coefficient (Wildman–Crippen LogP) is 7.75. The maximum absolute atomic E-state index is 4.25. The van der Waals surface area contributed by atoms with Gasteiger partial charge in [-0.25, -0.2) is 0 Å². The van der Waals surface area contributed by atoms with Crippen LogP contribution in [0.25, 0.3) is 0 Å². The highest BCUT2D eigenvalue weighted by molar-refractivity contribution is 3.93. The largest absolute Gasteiger partial charge is 0.388 e. The molecule has 0 saturated carbocycles. The van der Waals surface area contributed by atoms with Crippen LogP contribution in [0.1, 0.15) is 89.9 Å². The lowest BCUT2D eigenvalue weighted by Gasteiger charge is -1.61. The molecule has 5 heteroatoms. The Bertz CT molecular complexity index is 52.1. The standard InChI is InChI=1S/4C3H8.4C2H6O.CH4.FH.H2/c8*1-3-2;;;/h4*3H2,1-2H3;4*1-2H3;1H4;2*1H/i;;;;;;;;;;1+1. The molecule has 26 heavy (non-hydrogen) atoms. The maximum atomic E-state index is 4.25. The minimum atomic E-state index is 0. The van der Waals surface area contributed by atoms with Crippen molar-refractivity contribution in [1.29, 1.82) is 0 Å². The van der Waals surface area contributed by atoms with Crippen LogP contribution in [0.5, 0.6) is 0 Å². The summed E-state index contributed by atoms with van der Waals surface area (Å²) >= 11 is 0. The van der Waals surface area contributed by atoms with E-state index in [-0.39, 0.29) is 13.6 Å². The molecule has 0 saturated heterocycles. The highest BCUT2D eigenvalue weighted by Crippen LogP contribution is 1.57. The molecule has 0 spiro atoms. The van der Waals surface area contributed by atoms with Crippen LogP contribution in [0.3, 0.4) is 0 Å². The first-order valence-corrected chi connectivity index (χ1v) is 8.92. The van der Waals surface area contributed by atoms with E-state index in [1.54, 1.807) is 56.9 Å². The van der Waals surface area contributed by atoms with E-state index in [0.717, 1.165) is 0 Å². The maximum Gasteiger partial charge on any atom is 0.0351 e. The second kappa shape index (κ2) is 232. The fourth-order valence-corrected chi connectivity index (χ4v) is 0. The van der Waals surface area contributed by atoms with Gasteiger partial charge in [0.1, 0.15) is 0 Å². The van der Waals surface area contributed by atoms with E-state index in [9.17, 15) is 0 Å². The molecule has 0 aromatic carbocycles. The molecule has 0 aromatic heterocycles. The zero-order valence-corrected chi connectivity index (χ0v) is 20.9. The summed E-state index contributed by atoms with van der Waals surface area (Å²) in [4.78, 5) is 0. The second-order valence-electron chi connectivity index (χ2n) is 4.46. The van der Waals surface area contributed by atoms with Crippen molar-refractivity contribution in [3.63, 3.8) is 0 Å². The first kappa shape index (κ1) is 63.6. The molecular formula is C21H63FO4. The van der Waals surface area contributed by atoms with Gasteiger partial charge in [-0.3, -0.25) is 4.70 Å². The van der Waals surface area contributed by atoms with E-state index in [4.69, 9.17) is 0 Å². The third kappa shape index (κ3) is 233000. The van der Waals surface area contributed by atoms with Gasteiger partial charge in [0.25, 0.3) is 0 Å². The fraction of sp³-hybridized carbons (Fsp3) is 1.00. The van der Waals surface area contributed by atoms with Crippen LogP contribution in [0, 0.1) is 0 Å². The van der Waals surface area contributed by atoms with Crippen LogP contribution < -0.4 is 0 Å². The molecule has 0 fully saturated rings. The van der Waals surface area contributed by atoms with Crippen molar-refractivity contribution in [2.24, 2.45) is 0 Å². The number of ether oxygens (including phenoxy) is 4. The summed E-state index contributed by atoms with van der Waals surface area (Å²) in [6.45, 7) is 17.0. The van der Waals surface area contributed by atoms with Crippen LogP contribution >= 0.6 is 0 Å². The van der Waals surface area contributed by atoms with E-state index in [1.165, 1.54) is 25.7 Å². The molecule has 0 aromatic rings. The molecule has 0 aliphatic rings. The Labute approximate surface area is 171 Å². The van der Waals surface area contributed by atoms with Crippen molar-refractivity contribution in [3.05, 3.63) is 0 Å². The lowest BCUT2D eigenvalue weighted by molar-refractivity contribution is 0.277. The van der Waals surface area contributed by atoms with E-state index in [2.05, 4.69) is 74.3 Å². The van der Waals surface area contributed by atoms with Crippen molar-refractivity contribution < 1.29 is 25.1 Å². The molecule has 0 aliphatic carbocycles. The number of rotatable bonds is 0. The number of hydrogen-bond acceptors (Lipinski definition) is 4. The fourth-order valence-electron chi connectivity index (χ4n) is 0. The van der Waals surface area contributed by atoms with Gasteiger partial charge in [-0.2, -0.15) is 0 Å². The van der Waals surface area contributed by atoms with E-state index in [1.807, 2.05) is 0 Å². The van der Waals surface area contributed by atoms with Crippen LogP contribution in [0.15, 0.2) is 0 Å². The molecule has 0 aliphatic heterocycles. The van der Waals surface area contributed by atoms with Crippen LogP contribution in [0.2, 0.25) is 0 Å². The van der Waals surface area contributed by atoms with E-state index < -0.39 is 0 Å². The Balaban J connectivity index is -0.0000000119. The summed E-state index contributed by atoms with van der Waals surface area (Å²) in [6.07, 6.45) is 5.00. The first-order chi connectivity index (χ1) is 11.3. The van der Waals surface area contributed by atoms with Crippen LogP contribution in [-0.2, 0) is 18.9 Å². The molecule has 0 radical (unpaired) electrons. The SMILES string of the molecule is C.CCC.CCC.CCC.CCC.COC.COC.COC.COC.F.[2HH]. The smallest absolute Gasteiger partial charge is 0.0351 e. The quantitative estimate of drug-likeness (QED) is 0.417. The summed E-state index contributed by atoms with van der Waals surface area (Å²) < 4.78 is 17.0. The topological polar surface area (TPSA) is 36.9 Å². The van der Waals surface area contributed by atoms with Gasteiger partial charge in [-0.05, 0) is 0 Å². The minimum Gasteiger partial charge on any atom is -0.388 e. The van der Waals surface area contributed by atoms with Gasteiger partial charge in [-0.1, -0.05) is 88.5 Å². The summed E-state index contributed by atoms with van der Waals surface area (Å²) in [6, 6.07) is 0. The molecule has 0 bridgehead atoms. The molecule has 178 valence electrons. The van der Waals surface area contributed by atoms with Gasteiger partial charge < -0.3 is 18.9 Å². The van der Waals surface area contributed by atoms with Gasteiger partial charge in [-0.15, -0.1) is 0 Å². The average molecular weight is 400 g/mol. The van der Waals surface area contributed by atoms with Gasteiger partial charge in [0, 0.05) is 58.3 Å². The number of halogens is 1.